The molecule has 1 saturated heterocycles. The number of likely N-dealkylation sites (N-methyl/N-ethyl adjacent to an activating group) is 1. The number of carbonyl (C=O) groups excluding carboxylic acids is 3. The first kappa shape index (κ1) is 24.9. The van der Waals surface area contributed by atoms with Gasteiger partial charge in [-0.15, -0.1) is 0 Å². The number of β-lactam (4-membered cyclic amide) rings is 1. The largest absolute Gasteiger partial charge is 0.384 e. The Hall–Kier alpha value is -4.21. The number of nitrogen functional groups attached to an aromatic ring is 1. The van der Waals surface area contributed by atoms with Crippen LogP contribution >= 0.6 is 0 Å². The van der Waals surface area contributed by atoms with Crippen molar-refractivity contribution < 1.29 is 14.4 Å². The Morgan fingerprint density at radius 1 is 1.19 bits per heavy atom. The fourth-order valence-corrected chi connectivity index (χ4v) is 4.67. The van der Waals surface area contributed by atoms with Gasteiger partial charge in [-0.25, -0.2) is 9.78 Å². The third kappa shape index (κ3) is 4.79. The summed E-state index contributed by atoms with van der Waals surface area (Å²) in [5, 5.41) is 7.08. The second-order valence-corrected chi connectivity index (χ2v) is 9.09. The first-order valence-electron chi connectivity index (χ1n) is 11.9. The summed E-state index contributed by atoms with van der Waals surface area (Å²) in [7, 11) is 3.34. The number of urea groups is 1. The number of carbonyl (C=O) groups is 3. The van der Waals surface area contributed by atoms with Gasteiger partial charge in [0.25, 0.3) is 5.91 Å². The molecule has 1 aromatic carbocycles. The number of nitrogens with one attached hydrogen (secondary N) is 1. The number of hydrogen-bond donors (Lipinski definition) is 2. The molecule has 0 spiro atoms. The average molecular weight is 490 g/mol. The van der Waals surface area contributed by atoms with Crippen LogP contribution in [0.4, 0.5) is 16.4 Å². The molecule has 3 N–H and O–H groups in total. The number of pyridine rings is 1. The number of rotatable bonds is 7. The molecule has 0 aliphatic carbocycles. The van der Waals surface area contributed by atoms with Crippen molar-refractivity contribution in [1.29, 1.82) is 0 Å². The summed E-state index contributed by atoms with van der Waals surface area (Å²) in [6.45, 7) is 3.94. The maximum absolute atomic E-state index is 13.6. The van der Waals surface area contributed by atoms with Crippen molar-refractivity contribution in [3.05, 3.63) is 71.5 Å². The second kappa shape index (κ2) is 10.2. The predicted molar refractivity (Wildman–Crippen MR) is 136 cm³/mol. The molecule has 3 heterocycles. The Balaban J connectivity index is 1.61. The van der Waals surface area contributed by atoms with Crippen molar-refractivity contribution in [3.63, 3.8) is 0 Å². The predicted octanol–water partition coefficient (Wildman–Crippen LogP) is 2.60. The van der Waals surface area contributed by atoms with Crippen LogP contribution in [0.3, 0.4) is 0 Å². The van der Waals surface area contributed by atoms with Crippen LogP contribution in [0.2, 0.25) is 0 Å². The van der Waals surface area contributed by atoms with Gasteiger partial charge >= 0.3 is 6.03 Å². The van der Waals surface area contributed by atoms with E-state index < -0.39 is 23.9 Å². The summed E-state index contributed by atoms with van der Waals surface area (Å²) in [6.07, 6.45) is 4.04. The molecule has 0 saturated carbocycles. The van der Waals surface area contributed by atoms with Crippen molar-refractivity contribution in [2.24, 2.45) is 13.0 Å². The molecule has 36 heavy (non-hydrogen) atoms. The van der Waals surface area contributed by atoms with E-state index >= 15 is 0 Å². The van der Waals surface area contributed by atoms with Gasteiger partial charge in [-0.05, 0) is 43.0 Å². The molecule has 4 rings (SSSR count). The van der Waals surface area contributed by atoms with Crippen LogP contribution in [0.5, 0.6) is 0 Å². The van der Waals surface area contributed by atoms with Crippen LogP contribution in [-0.2, 0) is 23.1 Å². The zero-order valence-electron chi connectivity index (χ0n) is 20.9. The molecular formula is C26H31N7O3. The monoisotopic (exact) mass is 489 g/mol. The molecule has 1 aliphatic rings. The lowest BCUT2D eigenvalue weighted by Crippen LogP contribution is -2.70. The highest BCUT2D eigenvalue weighted by Crippen LogP contribution is 2.33. The van der Waals surface area contributed by atoms with Crippen LogP contribution in [-0.4, -0.2) is 50.6 Å². The zero-order valence-corrected chi connectivity index (χ0v) is 20.9. The highest BCUT2D eigenvalue weighted by atomic mass is 16.2. The zero-order chi connectivity index (χ0) is 26.0. The summed E-state index contributed by atoms with van der Waals surface area (Å²) in [5.74, 6) is -0.604. The van der Waals surface area contributed by atoms with Gasteiger partial charge in [-0.3, -0.25) is 24.1 Å². The number of aryl methyl sites for hydroxylation is 2. The Morgan fingerprint density at radius 2 is 1.97 bits per heavy atom. The molecule has 1 aliphatic heterocycles. The Morgan fingerprint density at radius 3 is 2.61 bits per heavy atom. The third-order valence-electron chi connectivity index (χ3n) is 6.61. The van der Waals surface area contributed by atoms with Gasteiger partial charge in [-0.2, -0.15) is 5.10 Å². The molecule has 10 heteroatoms. The van der Waals surface area contributed by atoms with Crippen molar-refractivity contribution in [2.75, 3.05) is 17.7 Å². The minimum atomic E-state index is -0.971. The minimum absolute atomic E-state index is 0.264. The molecule has 2 unspecified atom stereocenters. The number of nitrogens with zero attached hydrogens (tertiary/aromatic N) is 5. The number of benzene rings is 1. The first-order valence-corrected chi connectivity index (χ1v) is 11.9. The lowest BCUT2D eigenvalue weighted by atomic mass is 9.81. The number of aromatic nitrogens is 3. The second-order valence-electron chi connectivity index (χ2n) is 9.09. The first-order chi connectivity index (χ1) is 17.2. The van der Waals surface area contributed by atoms with Crippen LogP contribution in [0.1, 0.15) is 36.1 Å². The van der Waals surface area contributed by atoms with E-state index in [4.69, 9.17) is 5.73 Å². The minimum Gasteiger partial charge on any atom is -0.384 e. The van der Waals surface area contributed by atoms with E-state index in [1.165, 1.54) is 4.90 Å². The summed E-state index contributed by atoms with van der Waals surface area (Å²) in [4.78, 5) is 46.8. The number of nitrogens with two attached hydrogens (primary N) is 1. The van der Waals surface area contributed by atoms with Crippen LogP contribution in [0.25, 0.3) is 0 Å². The smallest absolute Gasteiger partial charge is 0.325 e. The molecule has 2 aromatic heterocycles. The van der Waals surface area contributed by atoms with Gasteiger partial charge in [0, 0.05) is 26.4 Å². The number of anilines is 2. The Bertz CT molecular complexity index is 1290. The van der Waals surface area contributed by atoms with E-state index in [-0.39, 0.29) is 18.4 Å². The molecule has 4 amide bonds. The lowest BCUT2D eigenvalue weighted by Gasteiger charge is -2.46. The fourth-order valence-electron chi connectivity index (χ4n) is 4.67. The Labute approximate surface area is 210 Å². The summed E-state index contributed by atoms with van der Waals surface area (Å²) in [5.41, 5.74) is 8.59. The Kier molecular flexibility index (Phi) is 7.05. The highest BCUT2D eigenvalue weighted by Gasteiger charge is 2.55. The molecule has 0 radical (unpaired) electrons. The number of hydrogen-bond acceptors (Lipinski definition) is 6. The van der Waals surface area contributed by atoms with Crippen molar-refractivity contribution in [2.45, 2.75) is 38.8 Å². The van der Waals surface area contributed by atoms with Crippen LogP contribution in [0.15, 0.2) is 54.9 Å². The van der Waals surface area contributed by atoms with E-state index in [9.17, 15) is 14.4 Å². The van der Waals surface area contributed by atoms with E-state index in [0.29, 0.717) is 18.1 Å². The molecule has 0 bridgehead atoms. The highest BCUT2D eigenvalue weighted by molar-refractivity contribution is 6.12. The normalized spacial score (nSPS) is 17.9. The number of likely N-dealkylation sites (tertiary alicyclic amines) is 1. The summed E-state index contributed by atoms with van der Waals surface area (Å²) in [6, 6.07) is 11.1. The molecule has 10 nitrogen and oxygen atoms in total. The quantitative estimate of drug-likeness (QED) is 0.491. The van der Waals surface area contributed by atoms with Crippen molar-refractivity contribution >= 4 is 29.5 Å². The van der Waals surface area contributed by atoms with Gasteiger partial charge in [0.1, 0.15) is 17.7 Å². The van der Waals surface area contributed by atoms with Crippen LogP contribution < -0.4 is 16.0 Å². The van der Waals surface area contributed by atoms with Gasteiger partial charge in [0.05, 0.1) is 18.2 Å². The van der Waals surface area contributed by atoms with Crippen molar-refractivity contribution in [1.82, 2.24) is 25.0 Å². The lowest BCUT2D eigenvalue weighted by molar-refractivity contribution is -0.156. The SMILES string of the molecule is CCC(NC(=O)N1C(=O)[C@H](Cc2ccnc(N)c2)C1C(=O)N(C)c1ccnn1C)c1cccc(C)c1. The molecule has 1 fully saturated rings. The number of imide groups is 1. The van der Waals surface area contributed by atoms with E-state index in [2.05, 4.69) is 15.4 Å². The molecule has 3 aromatic rings. The molecule has 3 atom stereocenters. The van der Waals surface area contributed by atoms with E-state index in [0.717, 1.165) is 21.6 Å². The van der Waals surface area contributed by atoms with Gasteiger partial charge < -0.3 is 11.1 Å². The maximum Gasteiger partial charge on any atom is 0.325 e. The van der Waals surface area contributed by atoms with Crippen molar-refractivity contribution in [3.8, 4) is 0 Å². The van der Waals surface area contributed by atoms with Gasteiger partial charge in [0.15, 0.2) is 0 Å². The average Bonchev–Trinajstić information content (AvgIpc) is 3.28. The third-order valence-corrected chi connectivity index (χ3v) is 6.61. The standard InChI is InChI=1S/C26H31N7O3/c1-5-20(18-8-6-7-16(2)13-18)30-26(36)33-23(25(35)31(3)22-10-12-29-32(22)4)19(24(33)34)14-17-9-11-28-21(27)15-17/h6-13,15,19-20,23H,5,14H2,1-4H3,(H2,27,28)(H,30,36)/t19-,20?,23?/m1/s1. The fraction of sp³-hybridized carbons (Fsp3) is 0.346. The summed E-state index contributed by atoms with van der Waals surface area (Å²) < 4.78 is 1.56. The van der Waals surface area contributed by atoms with Gasteiger partial charge in [-0.1, -0.05) is 36.8 Å². The van der Waals surface area contributed by atoms with E-state index in [1.54, 1.807) is 49.4 Å². The maximum atomic E-state index is 13.6. The molecular weight excluding hydrogens is 458 g/mol. The topological polar surface area (TPSA) is 126 Å². The van der Waals surface area contributed by atoms with Crippen LogP contribution in [0, 0.1) is 12.8 Å². The molecule has 188 valence electrons. The summed E-state index contributed by atoms with van der Waals surface area (Å²) >= 11 is 0. The van der Waals surface area contributed by atoms with Gasteiger partial charge in [0.2, 0.25) is 5.91 Å². The number of amides is 4. The van der Waals surface area contributed by atoms with E-state index in [1.807, 2.05) is 38.1 Å².